The quantitative estimate of drug-likeness (QED) is 0.296. The Kier molecular flexibility index (Phi) is 2.69. The van der Waals surface area contributed by atoms with E-state index in [2.05, 4.69) is 10.1 Å². The highest BCUT2D eigenvalue weighted by molar-refractivity contribution is 5.96. The summed E-state index contributed by atoms with van der Waals surface area (Å²) < 4.78 is 0. The lowest BCUT2D eigenvalue weighted by Gasteiger charge is -2.10. The van der Waals surface area contributed by atoms with Gasteiger partial charge in [0.2, 0.25) is 0 Å². The molecule has 0 spiro atoms. The van der Waals surface area contributed by atoms with Crippen LogP contribution in [-0.4, -0.2) is 30.1 Å². The molecule has 1 heterocycles. The van der Waals surface area contributed by atoms with Crippen molar-refractivity contribution in [2.75, 3.05) is 19.0 Å². The van der Waals surface area contributed by atoms with Crippen molar-refractivity contribution in [2.24, 2.45) is 10.9 Å². The summed E-state index contributed by atoms with van der Waals surface area (Å²) in [5.74, 6) is 0.896. The van der Waals surface area contributed by atoms with Gasteiger partial charge in [0.05, 0.1) is 0 Å². The molecule has 5 nitrogen and oxygen atoms in total. The molecule has 0 unspecified atom stereocenters. The Bertz CT molecular complexity index is 304. The van der Waals surface area contributed by atoms with Crippen molar-refractivity contribution in [2.45, 2.75) is 0 Å². The van der Waals surface area contributed by atoms with Gasteiger partial charge in [-0.05, 0) is 12.1 Å². The number of hydrogen-bond donors (Lipinski definition) is 2. The second-order valence-corrected chi connectivity index (χ2v) is 2.78. The maximum atomic E-state index is 8.39. The second kappa shape index (κ2) is 3.75. The SMILES string of the molecule is CN(C)c1ccc(/C(N)=N/O)cn1. The summed E-state index contributed by atoms with van der Waals surface area (Å²) in [4.78, 5) is 5.97. The molecule has 0 bridgehead atoms. The van der Waals surface area contributed by atoms with Crippen LogP contribution in [0.15, 0.2) is 23.5 Å². The summed E-state index contributed by atoms with van der Waals surface area (Å²) in [6.07, 6.45) is 1.56. The van der Waals surface area contributed by atoms with Crippen molar-refractivity contribution in [3.63, 3.8) is 0 Å². The lowest BCUT2D eigenvalue weighted by molar-refractivity contribution is 0.318. The highest BCUT2D eigenvalue weighted by Crippen LogP contribution is 2.07. The Morgan fingerprint density at radius 2 is 2.23 bits per heavy atom. The number of oxime groups is 1. The molecule has 0 aliphatic rings. The fraction of sp³-hybridized carbons (Fsp3) is 0.250. The summed E-state index contributed by atoms with van der Waals surface area (Å²) in [5, 5.41) is 11.3. The summed E-state index contributed by atoms with van der Waals surface area (Å²) in [5.41, 5.74) is 5.97. The van der Waals surface area contributed by atoms with Crippen molar-refractivity contribution in [3.05, 3.63) is 23.9 Å². The van der Waals surface area contributed by atoms with Crippen molar-refractivity contribution in [1.29, 1.82) is 0 Å². The summed E-state index contributed by atoms with van der Waals surface area (Å²) in [7, 11) is 3.79. The average Bonchev–Trinajstić information content (AvgIpc) is 2.17. The molecule has 0 saturated heterocycles. The molecule has 0 aromatic carbocycles. The maximum absolute atomic E-state index is 8.39. The van der Waals surface area contributed by atoms with E-state index in [1.807, 2.05) is 19.0 Å². The third-order valence-electron chi connectivity index (χ3n) is 1.61. The van der Waals surface area contributed by atoms with Gasteiger partial charge in [-0.2, -0.15) is 0 Å². The van der Waals surface area contributed by atoms with Gasteiger partial charge in [0.1, 0.15) is 5.82 Å². The van der Waals surface area contributed by atoms with Crippen molar-refractivity contribution in [1.82, 2.24) is 4.98 Å². The van der Waals surface area contributed by atoms with Crippen LogP contribution in [0.1, 0.15) is 5.56 Å². The van der Waals surface area contributed by atoms with Crippen LogP contribution < -0.4 is 10.6 Å². The van der Waals surface area contributed by atoms with E-state index < -0.39 is 0 Å². The van der Waals surface area contributed by atoms with Crippen LogP contribution in [0, 0.1) is 0 Å². The van der Waals surface area contributed by atoms with E-state index >= 15 is 0 Å². The minimum absolute atomic E-state index is 0.0674. The fourth-order valence-electron chi connectivity index (χ4n) is 0.860. The molecule has 1 aromatic heterocycles. The third-order valence-corrected chi connectivity index (χ3v) is 1.61. The Morgan fingerprint density at radius 1 is 1.54 bits per heavy atom. The smallest absolute Gasteiger partial charge is 0.171 e. The number of rotatable bonds is 2. The molecule has 13 heavy (non-hydrogen) atoms. The lowest BCUT2D eigenvalue weighted by atomic mass is 10.2. The highest BCUT2D eigenvalue weighted by atomic mass is 16.4. The molecule has 0 amide bonds. The van der Waals surface area contributed by atoms with Gasteiger partial charge in [0, 0.05) is 25.9 Å². The summed E-state index contributed by atoms with van der Waals surface area (Å²) in [6.45, 7) is 0. The fourth-order valence-corrected chi connectivity index (χ4v) is 0.860. The first kappa shape index (κ1) is 9.31. The Balaban J connectivity index is 2.94. The van der Waals surface area contributed by atoms with Gasteiger partial charge in [-0.25, -0.2) is 4.98 Å². The minimum Gasteiger partial charge on any atom is -0.409 e. The van der Waals surface area contributed by atoms with E-state index in [4.69, 9.17) is 10.9 Å². The Hall–Kier alpha value is -1.78. The largest absolute Gasteiger partial charge is 0.409 e. The van der Waals surface area contributed by atoms with E-state index in [0.717, 1.165) is 5.82 Å². The Morgan fingerprint density at radius 3 is 2.62 bits per heavy atom. The van der Waals surface area contributed by atoms with Gasteiger partial charge < -0.3 is 15.8 Å². The van der Waals surface area contributed by atoms with Crippen molar-refractivity contribution < 1.29 is 5.21 Å². The number of hydrogen-bond acceptors (Lipinski definition) is 4. The number of nitrogens with two attached hydrogens (primary N) is 1. The number of aromatic nitrogens is 1. The normalized spacial score (nSPS) is 11.4. The molecule has 5 heteroatoms. The molecule has 0 fully saturated rings. The molecular weight excluding hydrogens is 168 g/mol. The van der Waals surface area contributed by atoms with Gasteiger partial charge in [0.15, 0.2) is 5.84 Å². The third kappa shape index (κ3) is 2.08. The molecular formula is C8H12N4O. The van der Waals surface area contributed by atoms with Gasteiger partial charge in [-0.1, -0.05) is 5.16 Å². The summed E-state index contributed by atoms with van der Waals surface area (Å²) in [6, 6.07) is 3.55. The topological polar surface area (TPSA) is 74.7 Å². The van der Waals surface area contributed by atoms with Crippen LogP contribution in [0.25, 0.3) is 0 Å². The van der Waals surface area contributed by atoms with Crippen LogP contribution in [0.4, 0.5) is 5.82 Å². The van der Waals surface area contributed by atoms with Crippen LogP contribution >= 0.6 is 0 Å². The van der Waals surface area contributed by atoms with Gasteiger partial charge in [-0.3, -0.25) is 0 Å². The molecule has 0 aliphatic carbocycles. The van der Waals surface area contributed by atoms with Gasteiger partial charge in [-0.15, -0.1) is 0 Å². The van der Waals surface area contributed by atoms with E-state index in [0.29, 0.717) is 5.56 Å². The van der Waals surface area contributed by atoms with Gasteiger partial charge >= 0.3 is 0 Å². The van der Waals surface area contributed by atoms with Crippen molar-refractivity contribution in [3.8, 4) is 0 Å². The lowest BCUT2D eigenvalue weighted by Crippen LogP contribution is -2.15. The average molecular weight is 180 g/mol. The zero-order chi connectivity index (χ0) is 9.84. The molecule has 0 radical (unpaired) electrons. The molecule has 0 aliphatic heterocycles. The number of nitrogens with zero attached hydrogens (tertiary/aromatic N) is 3. The summed E-state index contributed by atoms with van der Waals surface area (Å²) >= 11 is 0. The minimum atomic E-state index is 0.0674. The second-order valence-electron chi connectivity index (χ2n) is 2.78. The van der Waals surface area contributed by atoms with E-state index in [1.54, 1.807) is 18.3 Å². The molecule has 0 saturated carbocycles. The zero-order valence-electron chi connectivity index (χ0n) is 7.60. The molecule has 70 valence electrons. The number of anilines is 1. The van der Waals surface area contributed by atoms with Crippen LogP contribution in [-0.2, 0) is 0 Å². The standard InChI is InChI=1S/C8H12N4O/c1-12(2)7-4-3-6(5-10-7)8(9)11-13/h3-5,13H,1-2H3,(H2,9,11). The molecule has 1 rings (SSSR count). The predicted octanol–water partition coefficient (Wildman–Crippen LogP) is 0.242. The monoisotopic (exact) mass is 180 g/mol. The van der Waals surface area contributed by atoms with Crippen LogP contribution in [0.2, 0.25) is 0 Å². The van der Waals surface area contributed by atoms with E-state index in [9.17, 15) is 0 Å². The first-order valence-corrected chi connectivity index (χ1v) is 3.76. The van der Waals surface area contributed by atoms with Crippen LogP contribution in [0.3, 0.4) is 0 Å². The molecule has 0 atom stereocenters. The van der Waals surface area contributed by atoms with E-state index in [1.165, 1.54) is 0 Å². The highest BCUT2D eigenvalue weighted by Gasteiger charge is 2.00. The first-order valence-electron chi connectivity index (χ1n) is 3.76. The Labute approximate surface area is 76.5 Å². The number of pyridine rings is 1. The van der Waals surface area contributed by atoms with E-state index in [-0.39, 0.29) is 5.84 Å². The van der Waals surface area contributed by atoms with Crippen LogP contribution in [0.5, 0.6) is 0 Å². The number of amidine groups is 1. The first-order chi connectivity index (χ1) is 6.15. The molecule has 3 N–H and O–H groups in total. The zero-order valence-corrected chi connectivity index (χ0v) is 7.60. The predicted molar refractivity (Wildman–Crippen MR) is 51.1 cm³/mol. The van der Waals surface area contributed by atoms with Crippen molar-refractivity contribution >= 4 is 11.7 Å². The van der Waals surface area contributed by atoms with Gasteiger partial charge in [0.25, 0.3) is 0 Å². The molecule has 1 aromatic rings. The maximum Gasteiger partial charge on any atom is 0.171 e.